The molecule has 0 saturated heterocycles. The van der Waals surface area contributed by atoms with Gasteiger partial charge in [0.1, 0.15) is 0 Å². The molecule has 1 fully saturated rings. The fourth-order valence-electron chi connectivity index (χ4n) is 1.84. The number of likely N-dealkylation sites (N-methyl/N-ethyl adjacent to an activating group) is 1. The molecule has 1 N–H and O–H groups in total. The second-order valence-corrected chi connectivity index (χ2v) is 5.37. The smallest absolute Gasteiger partial charge is 0.236 e. The summed E-state index contributed by atoms with van der Waals surface area (Å²) >= 11 is 0. The predicted molar refractivity (Wildman–Crippen MR) is 62.7 cm³/mol. The van der Waals surface area contributed by atoms with Gasteiger partial charge in [-0.1, -0.05) is 13.3 Å². The summed E-state index contributed by atoms with van der Waals surface area (Å²) in [7, 11) is 1.86. The maximum absolute atomic E-state index is 11.6. The molecule has 0 bridgehead atoms. The lowest BCUT2D eigenvalue weighted by atomic mass is 9.70. The Morgan fingerprint density at radius 1 is 1.47 bits per heavy atom. The standard InChI is InChI=1S/C12H24N2O/c1-10(2)14(4)11(15)8-13-9-12(3)6-5-7-12/h10,13H,5-9H2,1-4H3. The highest BCUT2D eigenvalue weighted by Gasteiger charge is 2.31. The van der Waals surface area contributed by atoms with Gasteiger partial charge in [-0.2, -0.15) is 0 Å². The van der Waals surface area contributed by atoms with Crippen molar-refractivity contribution in [2.45, 2.75) is 46.1 Å². The summed E-state index contributed by atoms with van der Waals surface area (Å²) in [5.74, 6) is 0.188. The van der Waals surface area contributed by atoms with E-state index in [-0.39, 0.29) is 5.91 Å². The summed E-state index contributed by atoms with van der Waals surface area (Å²) in [6.07, 6.45) is 3.94. The first-order valence-electron chi connectivity index (χ1n) is 5.91. The van der Waals surface area contributed by atoms with E-state index in [1.165, 1.54) is 19.3 Å². The van der Waals surface area contributed by atoms with E-state index in [1.807, 2.05) is 20.9 Å². The van der Waals surface area contributed by atoms with Gasteiger partial charge in [0.15, 0.2) is 0 Å². The molecule has 3 heteroatoms. The SMILES string of the molecule is CC(C)N(C)C(=O)CNCC1(C)CCC1. The van der Waals surface area contributed by atoms with Gasteiger partial charge in [-0.3, -0.25) is 4.79 Å². The first-order valence-corrected chi connectivity index (χ1v) is 5.91. The molecule has 0 spiro atoms. The monoisotopic (exact) mass is 212 g/mol. The van der Waals surface area contributed by atoms with Gasteiger partial charge in [-0.15, -0.1) is 0 Å². The summed E-state index contributed by atoms with van der Waals surface area (Å²) in [6, 6.07) is 0.290. The maximum atomic E-state index is 11.6. The quantitative estimate of drug-likeness (QED) is 0.751. The van der Waals surface area contributed by atoms with Crippen LogP contribution in [0.25, 0.3) is 0 Å². The molecule has 1 saturated carbocycles. The molecular formula is C12H24N2O. The molecule has 0 aromatic rings. The zero-order chi connectivity index (χ0) is 11.5. The Kier molecular flexibility index (Phi) is 4.14. The van der Waals surface area contributed by atoms with Gasteiger partial charge in [0.05, 0.1) is 6.54 Å². The van der Waals surface area contributed by atoms with Crippen LogP contribution in [0.3, 0.4) is 0 Å². The Morgan fingerprint density at radius 3 is 2.47 bits per heavy atom. The van der Waals surface area contributed by atoms with Crippen LogP contribution < -0.4 is 5.32 Å². The van der Waals surface area contributed by atoms with Crippen molar-refractivity contribution in [2.24, 2.45) is 5.41 Å². The van der Waals surface area contributed by atoms with E-state index in [1.54, 1.807) is 4.90 Å². The molecule has 15 heavy (non-hydrogen) atoms. The van der Waals surface area contributed by atoms with Crippen LogP contribution >= 0.6 is 0 Å². The van der Waals surface area contributed by atoms with E-state index in [0.717, 1.165) is 6.54 Å². The first kappa shape index (κ1) is 12.5. The Hall–Kier alpha value is -0.570. The molecule has 0 aromatic heterocycles. The summed E-state index contributed by atoms with van der Waals surface area (Å²) < 4.78 is 0. The van der Waals surface area contributed by atoms with Gasteiger partial charge < -0.3 is 10.2 Å². The van der Waals surface area contributed by atoms with E-state index < -0.39 is 0 Å². The molecule has 0 unspecified atom stereocenters. The van der Waals surface area contributed by atoms with Crippen molar-refractivity contribution in [3.63, 3.8) is 0 Å². The van der Waals surface area contributed by atoms with Crippen LogP contribution in [0.4, 0.5) is 0 Å². The molecule has 88 valence electrons. The van der Waals surface area contributed by atoms with E-state index in [4.69, 9.17) is 0 Å². The van der Waals surface area contributed by atoms with Crippen molar-refractivity contribution in [2.75, 3.05) is 20.1 Å². The molecule has 0 atom stereocenters. The summed E-state index contributed by atoms with van der Waals surface area (Å²) in [6.45, 7) is 7.81. The van der Waals surface area contributed by atoms with Crippen molar-refractivity contribution in [1.82, 2.24) is 10.2 Å². The molecule has 1 amide bonds. The van der Waals surface area contributed by atoms with Crippen molar-refractivity contribution >= 4 is 5.91 Å². The van der Waals surface area contributed by atoms with Gasteiger partial charge in [0.25, 0.3) is 0 Å². The minimum Gasteiger partial charge on any atom is -0.342 e. The minimum atomic E-state index is 0.188. The predicted octanol–water partition coefficient (Wildman–Crippen LogP) is 1.63. The average Bonchev–Trinajstić information content (AvgIpc) is 2.13. The molecular weight excluding hydrogens is 188 g/mol. The highest BCUT2D eigenvalue weighted by molar-refractivity contribution is 5.78. The van der Waals surface area contributed by atoms with Crippen molar-refractivity contribution in [3.05, 3.63) is 0 Å². The first-order chi connectivity index (χ1) is 6.94. The normalized spacial score (nSPS) is 18.7. The highest BCUT2D eigenvalue weighted by Crippen LogP contribution is 2.39. The fourth-order valence-corrected chi connectivity index (χ4v) is 1.84. The number of carbonyl (C=O) groups excluding carboxylic acids is 1. The molecule has 0 aliphatic heterocycles. The van der Waals surface area contributed by atoms with Crippen LogP contribution in [0.1, 0.15) is 40.0 Å². The summed E-state index contributed by atoms with van der Waals surface area (Å²) in [5, 5.41) is 3.27. The lowest BCUT2D eigenvalue weighted by Crippen LogP contribution is -2.43. The molecule has 0 radical (unpaired) electrons. The Bertz CT molecular complexity index is 222. The van der Waals surface area contributed by atoms with Gasteiger partial charge in [-0.05, 0) is 32.1 Å². The molecule has 1 rings (SSSR count). The Balaban J connectivity index is 2.17. The molecule has 3 nitrogen and oxygen atoms in total. The fraction of sp³-hybridized carbons (Fsp3) is 0.917. The largest absolute Gasteiger partial charge is 0.342 e. The molecule has 0 heterocycles. The molecule has 0 aromatic carbocycles. The van der Waals surface area contributed by atoms with Crippen molar-refractivity contribution in [1.29, 1.82) is 0 Å². The second-order valence-electron chi connectivity index (χ2n) is 5.37. The lowest BCUT2D eigenvalue weighted by molar-refractivity contribution is -0.130. The number of amides is 1. The van der Waals surface area contributed by atoms with E-state index in [2.05, 4.69) is 12.2 Å². The minimum absolute atomic E-state index is 0.188. The van der Waals surface area contributed by atoms with Crippen LogP contribution in [-0.4, -0.2) is 37.0 Å². The third-order valence-corrected chi connectivity index (χ3v) is 3.56. The van der Waals surface area contributed by atoms with E-state index in [0.29, 0.717) is 18.0 Å². The number of nitrogens with one attached hydrogen (secondary N) is 1. The third kappa shape index (κ3) is 3.49. The van der Waals surface area contributed by atoms with Crippen molar-refractivity contribution in [3.8, 4) is 0 Å². The van der Waals surface area contributed by atoms with Crippen LogP contribution in [0.5, 0.6) is 0 Å². The Morgan fingerprint density at radius 2 is 2.07 bits per heavy atom. The zero-order valence-electron chi connectivity index (χ0n) is 10.5. The number of hydrogen-bond acceptors (Lipinski definition) is 2. The summed E-state index contributed by atoms with van der Waals surface area (Å²) in [5.41, 5.74) is 0.455. The molecule has 1 aliphatic carbocycles. The van der Waals surface area contributed by atoms with Gasteiger partial charge in [-0.25, -0.2) is 0 Å². The second kappa shape index (κ2) is 4.97. The summed E-state index contributed by atoms with van der Waals surface area (Å²) in [4.78, 5) is 13.4. The lowest BCUT2D eigenvalue weighted by Gasteiger charge is -2.38. The van der Waals surface area contributed by atoms with E-state index in [9.17, 15) is 4.79 Å². The Labute approximate surface area is 93.2 Å². The number of rotatable bonds is 5. The van der Waals surface area contributed by atoms with Crippen LogP contribution in [0.2, 0.25) is 0 Å². The van der Waals surface area contributed by atoms with Crippen molar-refractivity contribution < 1.29 is 4.79 Å². The van der Waals surface area contributed by atoms with E-state index >= 15 is 0 Å². The van der Waals surface area contributed by atoms with Crippen LogP contribution in [0, 0.1) is 5.41 Å². The highest BCUT2D eigenvalue weighted by atomic mass is 16.2. The topological polar surface area (TPSA) is 32.3 Å². The van der Waals surface area contributed by atoms with Gasteiger partial charge in [0, 0.05) is 19.6 Å². The molecule has 1 aliphatic rings. The van der Waals surface area contributed by atoms with Gasteiger partial charge in [0.2, 0.25) is 5.91 Å². The van der Waals surface area contributed by atoms with Gasteiger partial charge >= 0.3 is 0 Å². The number of nitrogens with zero attached hydrogens (tertiary/aromatic N) is 1. The average molecular weight is 212 g/mol. The zero-order valence-corrected chi connectivity index (χ0v) is 10.5. The maximum Gasteiger partial charge on any atom is 0.236 e. The van der Waals surface area contributed by atoms with Crippen LogP contribution in [-0.2, 0) is 4.79 Å². The third-order valence-electron chi connectivity index (χ3n) is 3.56. The number of hydrogen-bond donors (Lipinski definition) is 1. The number of carbonyl (C=O) groups is 1. The van der Waals surface area contributed by atoms with Crippen LogP contribution in [0.15, 0.2) is 0 Å².